The monoisotopic (exact) mass is 308 g/mol. The maximum absolute atomic E-state index is 5.73. The van der Waals surface area contributed by atoms with Crippen molar-refractivity contribution in [3.8, 4) is 11.5 Å². The summed E-state index contributed by atoms with van der Waals surface area (Å²) in [7, 11) is 1.66. The first kappa shape index (κ1) is 18.5. The highest BCUT2D eigenvalue weighted by molar-refractivity contribution is 5.55. The van der Waals surface area contributed by atoms with E-state index in [9.17, 15) is 0 Å². The molecule has 0 aromatic heterocycles. The van der Waals surface area contributed by atoms with E-state index in [0.29, 0.717) is 19.3 Å². The average molecular weight is 308 g/mol. The van der Waals surface area contributed by atoms with Crippen LogP contribution in [0, 0.1) is 0 Å². The molecule has 0 spiro atoms. The minimum atomic E-state index is 0.530. The Balaban J connectivity index is 2.27. The maximum Gasteiger partial charge on any atom is 0.161 e. The Kier molecular flexibility index (Phi) is 9.35. The fourth-order valence-electron chi connectivity index (χ4n) is 2.01. The van der Waals surface area contributed by atoms with Crippen LogP contribution in [-0.4, -0.2) is 39.5 Å². The predicted molar refractivity (Wildman–Crippen MR) is 90.6 cm³/mol. The molecule has 0 aliphatic heterocycles. The van der Waals surface area contributed by atoms with Crippen LogP contribution in [0.2, 0.25) is 0 Å². The molecule has 0 heterocycles. The van der Waals surface area contributed by atoms with Gasteiger partial charge in [0.05, 0.1) is 32.9 Å². The van der Waals surface area contributed by atoms with Crippen LogP contribution >= 0.6 is 0 Å². The van der Waals surface area contributed by atoms with Gasteiger partial charge in [-0.3, -0.25) is 0 Å². The van der Waals surface area contributed by atoms with E-state index in [-0.39, 0.29) is 0 Å². The topological polar surface area (TPSA) is 44.3 Å². The summed E-state index contributed by atoms with van der Waals surface area (Å²) in [6, 6.07) is 6.59. The zero-order valence-corrected chi connectivity index (χ0v) is 14.3. The van der Waals surface area contributed by atoms with Gasteiger partial charge in [0.15, 0.2) is 11.5 Å². The van der Waals surface area contributed by atoms with Crippen molar-refractivity contribution in [3.05, 3.63) is 29.8 Å². The van der Waals surface area contributed by atoms with Crippen LogP contribution in [0.5, 0.6) is 11.5 Å². The van der Waals surface area contributed by atoms with E-state index in [1.807, 2.05) is 37.3 Å². The molecule has 4 heteroatoms. The van der Waals surface area contributed by atoms with Crippen LogP contribution < -0.4 is 14.8 Å². The predicted octanol–water partition coefficient (Wildman–Crippen LogP) is 2.49. The molecule has 0 aliphatic rings. The molecule has 0 bridgehead atoms. The summed E-state index contributed by atoms with van der Waals surface area (Å²) >= 11 is 0. The number of benzene rings is 1. The highest BCUT2D eigenvalue weighted by Crippen LogP contribution is 2.28. The van der Waals surface area contributed by atoms with Crippen LogP contribution in [0.3, 0.4) is 0 Å². The molecule has 0 radical (unpaired) electrons. The number of methoxy groups -OCH3 is 1. The van der Waals surface area contributed by atoms with Gasteiger partial charge in [0.25, 0.3) is 0 Å². The summed E-state index contributed by atoms with van der Waals surface area (Å²) in [4.78, 5) is 0. The second-order valence-corrected chi connectivity index (χ2v) is 5.28. The third kappa shape index (κ3) is 6.96. The SMILES string of the molecule is C/C=C/c1ccc(OCCOCC[NH2+][C@@H](C)CC)c(OC)c1. The second kappa shape index (κ2) is 11.1. The molecule has 124 valence electrons. The smallest absolute Gasteiger partial charge is 0.161 e. The molecule has 0 aliphatic carbocycles. The molecular weight excluding hydrogens is 278 g/mol. The van der Waals surface area contributed by atoms with Gasteiger partial charge in [0, 0.05) is 0 Å². The molecule has 4 nitrogen and oxygen atoms in total. The molecule has 1 aromatic carbocycles. The Morgan fingerprint density at radius 3 is 2.68 bits per heavy atom. The number of allylic oxidation sites excluding steroid dienone is 1. The standard InChI is InChI=1S/C18H29NO3/c1-5-7-16-8-9-17(18(14-16)20-4)22-13-12-21-11-10-19-15(3)6-2/h5,7-9,14-15,19H,6,10-13H2,1-4H3/p+1/b7-5+/t15-/m0/s1. The summed E-state index contributed by atoms with van der Waals surface area (Å²) in [6.45, 7) is 9.29. The van der Waals surface area contributed by atoms with E-state index in [1.54, 1.807) is 7.11 Å². The number of quaternary nitrogens is 1. The van der Waals surface area contributed by atoms with Gasteiger partial charge in [0.1, 0.15) is 6.61 Å². The Bertz CT molecular complexity index is 446. The molecule has 0 saturated heterocycles. The normalized spacial score (nSPS) is 12.5. The highest BCUT2D eigenvalue weighted by Gasteiger charge is 2.05. The van der Waals surface area contributed by atoms with Crippen LogP contribution in [-0.2, 0) is 4.74 Å². The summed E-state index contributed by atoms with van der Waals surface area (Å²) in [5.41, 5.74) is 1.10. The van der Waals surface area contributed by atoms with Crippen molar-refractivity contribution in [2.24, 2.45) is 0 Å². The van der Waals surface area contributed by atoms with Crippen molar-refractivity contribution < 1.29 is 19.5 Å². The number of hydrogen-bond acceptors (Lipinski definition) is 3. The zero-order valence-electron chi connectivity index (χ0n) is 14.3. The molecular formula is C18H30NO3+. The van der Waals surface area contributed by atoms with Crippen LogP contribution in [0.1, 0.15) is 32.8 Å². The molecule has 0 amide bonds. The third-order valence-corrected chi connectivity index (χ3v) is 3.51. The Hall–Kier alpha value is -1.52. The summed E-state index contributed by atoms with van der Waals surface area (Å²) in [6.07, 6.45) is 5.22. The number of hydrogen-bond donors (Lipinski definition) is 1. The van der Waals surface area contributed by atoms with Crippen LogP contribution in [0.4, 0.5) is 0 Å². The first-order valence-electron chi connectivity index (χ1n) is 8.05. The molecule has 1 rings (SSSR count). The average Bonchev–Trinajstić information content (AvgIpc) is 2.54. The second-order valence-electron chi connectivity index (χ2n) is 5.28. The number of nitrogens with two attached hydrogens (primary N) is 1. The summed E-state index contributed by atoms with van der Waals surface area (Å²) in [5, 5.41) is 2.31. The summed E-state index contributed by atoms with van der Waals surface area (Å²) < 4.78 is 16.7. The van der Waals surface area contributed by atoms with Gasteiger partial charge in [-0.05, 0) is 38.0 Å². The van der Waals surface area contributed by atoms with E-state index < -0.39 is 0 Å². The van der Waals surface area contributed by atoms with Crippen LogP contribution in [0.25, 0.3) is 6.08 Å². The minimum absolute atomic E-state index is 0.530. The van der Waals surface area contributed by atoms with Gasteiger partial charge in [-0.1, -0.05) is 25.1 Å². The lowest BCUT2D eigenvalue weighted by Crippen LogP contribution is -2.90. The lowest BCUT2D eigenvalue weighted by Gasteiger charge is -2.12. The lowest BCUT2D eigenvalue weighted by atomic mass is 10.2. The van der Waals surface area contributed by atoms with Gasteiger partial charge in [-0.2, -0.15) is 0 Å². The van der Waals surface area contributed by atoms with Gasteiger partial charge < -0.3 is 19.5 Å². The summed E-state index contributed by atoms with van der Waals surface area (Å²) in [5.74, 6) is 1.51. The van der Waals surface area contributed by atoms with Crippen molar-refractivity contribution in [1.29, 1.82) is 0 Å². The van der Waals surface area contributed by atoms with Crippen molar-refractivity contribution in [1.82, 2.24) is 0 Å². The number of rotatable bonds is 11. The zero-order chi connectivity index (χ0) is 16.2. The first-order chi connectivity index (χ1) is 10.7. The van der Waals surface area contributed by atoms with Gasteiger partial charge in [-0.15, -0.1) is 0 Å². The van der Waals surface area contributed by atoms with E-state index in [0.717, 1.165) is 30.2 Å². The third-order valence-electron chi connectivity index (χ3n) is 3.51. The minimum Gasteiger partial charge on any atom is -0.493 e. The molecule has 0 saturated carbocycles. The highest BCUT2D eigenvalue weighted by atomic mass is 16.5. The van der Waals surface area contributed by atoms with Gasteiger partial charge in [0.2, 0.25) is 0 Å². The van der Waals surface area contributed by atoms with Crippen LogP contribution in [0.15, 0.2) is 24.3 Å². The van der Waals surface area contributed by atoms with Gasteiger partial charge in [-0.25, -0.2) is 0 Å². The first-order valence-corrected chi connectivity index (χ1v) is 8.05. The fraction of sp³-hybridized carbons (Fsp3) is 0.556. The lowest BCUT2D eigenvalue weighted by molar-refractivity contribution is -0.687. The van der Waals surface area contributed by atoms with Crippen molar-refractivity contribution in [3.63, 3.8) is 0 Å². The Labute approximate surface area is 134 Å². The Morgan fingerprint density at radius 1 is 1.18 bits per heavy atom. The largest absolute Gasteiger partial charge is 0.493 e. The van der Waals surface area contributed by atoms with Crippen molar-refractivity contribution >= 4 is 6.08 Å². The maximum atomic E-state index is 5.73. The van der Waals surface area contributed by atoms with E-state index in [4.69, 9.17) is 14.2 Å². The van der Waals surface area contributed by atoms with E-state index >= 15 is 0 Å². The number of ether oxygens (including phenoxy) is 3. The molecule has 2 N–H and O–H groups in total. The van der Waals surface area contributed by atoms with E-state index in [1.165, 1.54) is 6.42 Å². The fourth-order valence-corrected chi connectivity index (χ4v) is 2.01. The van der Waals surface area contributed by atoms with Crippen molar-refractivity contribution in [2.75, 3.05) is 33.5 Å². The molecule has 0 unspecified atom stereocenters. The Morgan fingerprint density at radius 2 is 2.00 bits per heavy atom. The molecule has 1 atom stereocenters. The van der Waals surface area contributed by atoms with E-state index in [2.05, 4.69) is 19.2 Å². The van der Waals surface area contributed by atoms with Crippen molar-refractivity contribution in [2.45, 2.75) is 33.2 Å². The molecule has 1 aromatic rings. The van der Waals surface area contributed by atoms with Gasteiger partial charge >= 0.3 is 0 Å². The molecule has 22 heavy (non-hydrogen) atoms. The molecule has 0 fully saturated rings. The quantitative estimate of drug-likeness (QED) is 0.639.